The highest BCUT2D eigenvalue weighted by Crippen LogP contribution is 2.16. The molecule has 5 rings (SSSR count). The summed E-state index contributed by atoms with van der Waals surface area (Å²) in [6.07, 6.45) is 1.35. The number of nitrogens with one attached hydrogen (secondary N) is 1. The molecule has 14 nitrogen and oxygen atoms in total. The fraction of sp³-hybridized carbons (Fsp3) is 0.216. The average Bonchev–Trinajstić information content (AvgIpc) is 3.14. The highest BCUT2D eigenvalue weighted by molar-refractivity contribution is 5.87. The molecule has 260 valence electrons. The number of pyridine rings is 5. The molecule has 0 unspecified atom stereocenters. The number of nitrogens with zero attached hydrogens (tertiary/aromatic N) is 6. The number of rotatable bonds is 16. The molecule has 0 bridgehead atoms. The molecule has 0 saturated heterocycles. The number of hydrogen-bond donors (Lipinski definition) is 1. The molecule has 0 saturated carbocycles. The number of aldehydes is 2. The Kier molecular flexibility index (Phi) is 12.3. The Morgan fingerprint density at radius 1 is 0.588 bits per heavy atom. The molecule has 5 heterocycles. The van der Waals surface area contributed by atoms with Gasteiger partial charge in [-0.1, -0.05) is 24.3 Å². The van der Waals surface area contributed by atoms with E-state index in [1.54, 1.807) is 72.8 Å². The van der Waals surface area contributed by atoms with Crippen LogP contribution < -0.4 is 5.43 Å². The third-order valence-corrected chi connectivity index (χ3v) is 7.59. The van der Waals surface area contributed by atoms with Gasteiger partial charge in [0.05, 0.1) is 37.0 Å². The van der Waals surface area contributed by atoms with Gasteiger partial charge in [0.15, 0.2) is 18.0 Å². The molecule has 0 aromatic carbocycles. The van der Waals surface area contributed by atoms with E-state index in [0.29, 0.717) is 59.8 Å². The van der Waals surface area contributed by atoms with Crippen molar-refractivity contribution in [2.45, 2.75) is 39.3 Å². The Labute approximate surface area is 293 Å². The maximum Gasteiger partial charge on any atom is 0.356 e. The van der Waals surface area contributed by atoms with Crippen LogP contribution in [0.1, 0.15) is 76.1 Å². The zero-order chi connectivity index (χ0) is 36.2. The molecule has 51 heavy (non-hydrogen) atoms. The standard InChI is InChI=1S/C37H35N7O7/c1-50-36(48)34-13-5-9-27(41-34)19-43(17-25-7-3-11-29(23-45)38-25)21-31-15-33(47)16-32(40-31)22-44(18-26-8-4-12-30(24-46)39-26)20-28-10-6-14-35(42-28)37(49)51-2/h3-16,23-24H,17-22H2,1-2H3,(H,40,47). The van der Waals surface area contributed by atoms with Crippen molar-refractivity contribution < 1.29 is 28.7 Å². The molecule has 1 N–H and O–H groups in total. The van der Waals surface area contributed by atoms with Crippen LogP contribution in [0.4, 0.5) is 0 Å². The fourth-order valence-electron chi connectivity index (χ4n) is 5.44. The van der Waals surface area contributed by atoms with Crippen LogP contribution in [0.3, 0.4) is 0 Å². The lowest BCUT2D eigenvalue weighted by Gasteiger charge is -2.24. The fourth-order valence-corrected chi connectivity index (χ4v) is 5.44. The first-order chi connectivity index (χ1) is 24.7. The van der Waals surface area contributed by atoms with Crippen LogP contribution in [0.5, 0.6) is 0 Å². The Morgan fingerprint density at radius 2 is 0.961 bits per heavy atom. The van der Waals surface area contributed by atoms with Crippen molar-refractivity contribution in [3.8, 4) is 0 Å². The highest BCUT2D eigenvalue weighted by atomic mass is 16.5. The summed E-state index contributed by atoms with van der Waals surface area (Å²) in [6.45, 7) is 1.66. The first kappa shape index (κ1) is 36.0. The Bertz CT molecular complexity index is 1940. The van der Waals surface area contributed by atoms with E-state index < -0.39 is 11.9 Å². The number of esters is 2. The molecule has 0 aliphatic carbocycles. The van der Waals surface area contributed by atoms with Crippen LogP contribution in [0.25, 0.3) is 0 Å². The van der Waals surface area contributed by atoms with Gasteiger partial charge < -0.3 is 14.5 Å². The van der Waals surface area contributed by atoms with Crippen molar-refractivity contribution in [2.24, 2.45) is 0 Å². The Hall–Kier alpha value is -6.25. The van der Waals surface area contributed by atoms with Gasteiger partial charge >= 0.3 is 11.9 Å². The van der Waals surface area contributed by atoms with Gasteiger partial charge in [-0.05, 0) is 48.5 Å². The van der Waals surface area contributed by atoms with E-state index in [1.165, 1.54) is 26.4 Å². The van der Waals surface area contributed by atoms with Crippen LogP contribution in [-0.4, -0.2) is 73.5 Å². The smallest absolute Gasteiger partial charge is 0.356 e. The van der Waals surface area contributed by atoms with E-state index >= 15 is 0 Å². The second-order valence-electron chi connectivity index (χ2n) is 11.5. The van der Waals surface area contributed by atoms with Gasteiger partial charge in [0, 0.05) is 62.8 Å². The van der Waals surface area contributed by atoms with Crippen molar-refractivity contribution in [2.75, 3.05) is 14.2 Å². The van der Waals surface area contributed by atoms with Crippen LogP contribution in [0.15, 0.2) is 89.7 Å². The molecular weight excluding hydrogens is 654 g/mol. The van der Waals surface area contributed by atoms with Gasteiger partial charge in [0.2, 0.25) is 0 Å². The summed E-state index contributed by atoms with van der Waals surface area (Å²) in [7, 11) is 2.57. The van der Waals surface area contributed by atoms with E-state index in [4.69, 9.17) is 9.47 Å². The quantitative estimate of drug-likeness (QED) is 0.118. The highest BCUT2D eigenvalue weighted by Gasteiger charge is 2.17. The Morgan fingerprint density at radius 3 is 1.33 bits per heavy atom. The summed E-state index contributed by atoms with van der Waals surface area (Å²) in [5, 5.41) is 0. The molecule has 0 radical (unpaired) electrons. The topological polar surface area (TPSA) is 178 Å². The van der Waals surface area contributed by atoms with Crippen LogP contribution in [0.2, 0.25) is 0 Å². The normalized spacial score (nSPS) is 11.0. The van der Waals surface area contributed by atoms with Gasteiger partial charge in [0.1, 0.15) is 22.8 Å². The predicted molar refractivity (Wildman–Crippen MR) is 183 cm³/mol. The summed E-state index contributed by atoms with van der Waals surface area (Å²) in [5.41, 5.74) is 4.28. The van der Waals surface area contributed by atoms with Crippen molar-refractivity contribution >= 4 is 24.5 Å². The molecule has 0 aliphatic rings. The number of methoxy groups -OCH3 is 2. The lowest BCUT2D eigenvalue weighted by Crippen LogP contribution is -2.27. The molecule has 5 aromatic rings. The van der Waals surface area contributed by atoms with Gasteiger partial charge in [-0.15, -0.1) is 0 Å². The molecule has 0 atom stereocenters. The molecule has 0 aliphatic heterocycles. The first-order valence-electron chi connectivity index (χ1n) is 15.8. The molecule has 5 aromatic heterocycles. The average molecular weight is 690 g/mol. The van der Waals surface area contributed by atoms with Gasteiger partial charge in [0.25, 0.3) is 0 Å². The zero-order valence-corrected chi connectivity index (χ0v) is 28.0. The van der Waals surface area contributed by atoms with Gasteiger partial charge in [-0.25, -0.2) is 29.5 Å². The van der Waals surface area contributed by atoms with Crippen molar-refractivity contribution in [3.05, 3.63) is 152 Å². The summed E-state index contributed by atoms with van der Waals surface area (Å²) in [5.74, 6) is -1.13. The second-order valence-corrected chi connectivity index (χ2v) is 11.5. The van der Waals surface area contributed by atoms with E-state index in [-0.39, 0.29) is 54.4 Å². The van der Waals surface area contributed by atoms with Crippen LogP contribution in [0, 0.1) is 0 Å². The lowest BCUT2D eigenvalue weighted by molar-refractivity contribution is 0.0584. The lowest BCUT2D eigenvalue weighted by atomic mass is 10.2. The molecular formula is C37H35N7O7. The van der Waals surface area contributed by atoms with E-state index in [0.717, 1.165) is 0 Å². The minimum Gasteiger partial charge on any atom is -0.464 e. The molecule has 14 heteroatoms. The second kappa shape index (κ2) is 17.4. The maximum absolute atomic E-state index is 13.1. The monoisotopic (exact) mass is 689 g/mol. The maximum atomic E-state index is 13.1. The Balaban J connectivity index is 1.44. The number of carbonyl (C=O) groups excluding carboxylic acids is 4. The summed E-state index contributed by atoms with van der Waals surface area (Å²) in [6, 6.07) is 23.4. The third kappa shape index (κ3) is 10.4. The zero-order valence-electron chi connectivity index (χ0n) is 28.0. The summed E-state index contributed by atoms with van der Waals surface area (Å²) < 4.78 is 9.67. The molecule has 0 fully saturated rings. The summed E-state index contributed by atoms with van der Waals surface area (Å²) in [4.78, 5) is 85.3. The number of ether oxygens (including phenoxy) is 2. The number of carbonyl (C=O) groups is 4. The third-order valence-electron chi connectivity index (χ3n) is 7.59. The van der Waals surface area contributed by atoms with E-state index in [9.17, 15) is 24.0 Å². The minimum atomic E-state index is -0.564. The van der Waals surface area contributed by atoms with Crippen LogP contribution >= 0.6 is 0 Å². The molecule has 0 spiro atoms. The van der Waals surface area contributed by atoms with Crippen LogP contribution in [-0.2, 0) is 48.7 Å². The van der Waals surface area contributed by atoms with Crippen molar-refractivity contribution in [1.82, 2.24) is 34.7 Å². The van der Waals surface area contributed by atoms with Gasteiger partial charge in [-0.3, -0.25) is 24.2 Å². The first-order valence-corrected chi connectivity index (χ1v) is 15.8. The number of hydrogen-bond acceptors (Lipinski definition) is 13. The number of H-pyrrole nitrogens is 1. The van der Waals surface area contributed by atoms with Crippen molar-refractivity contribution in [3.63, 3.8) is 0 Å². The minimum absolute atomic E-state index is 0.159. The van der Waals surface area contributed by atoms with Crippen molar-refractivity contribution in [1.29, 1.82) is 0 Å². The number of aromatic amines is 1. The SMILES string of the molecule is COC(=O)c1cccc(CN(Cc2cccc(C=O)n2)Cc2cc(=O)cc(CN(Cc3cccc(C=O)n3)Cc3cccc(C(=O)OC)n3)[nH]2)n1. The van der Waals surface area contributed by atoms with Gasteiger partial charge in [-0.2, -0.15) is 0 Å². The molecule has 0 amide bonds. The summed E-state index contributed by atoms with van der Waals surface area (Å²) >= 11 is 0. The largest absolute Gasteiger partial charge is 0.464 e. The number of aromatic nitrogens is 5. The van der Waals surface area contributed by atoms with E-state index in [1.807, 2.05) is 9.80 Å². The van der Waals surface area contributed by atoms with E-state index in [2.05, 4.69) is 24.9 Å². The predicted octanol–water partition coefficient (Wildman–Crippen LogP) is 3.56.